The highest BCUT2D eigenvalue weighted by Crippen LogP contribution is 2.26. The van der Waals surface area contributed by atoms with Crippen molar-refractivity contribution in [2.24, 2.45) is 0 Å². The van der Waals surface area contributed by atoms with Gasteiger partial charge in [-0.1, -0.05) is 12.1 Å². The average Bonchev–Trinajstić information content (AvgIpc) is 3.15. The van der Waals surface area contributed by atoms with E-state index in [-0.39, 0.29) is 18.3 Å². The van der Waals surface area contributed by atoms with E-state index >= 15 is 0 Å². The number of amides is 1. The zero-order valence-corrected chi connectivity index (χ0v) is 14.2. The number of benzene rings is 1. The Balaban J connectivity index is 1.61. The Bertz CT molecular complexity index is 770. The molecular formula is C19H21N3O3. The van der Waals surface area contributed by atoms with Gasteiger partial charge in [-0.05, 0) is 44.0 Å². The van der Waals surface area contributed by atoms with E-state index in [0.29, 0.717) is 17.0 Å². The maximum absolute atomic E-state index is 12.2. The lowest BCUT2D eigenvalue weighted by atomic mass is 10.1. The molecule has 6 heteroatoms. The van der Waals surface area contributed by atoms with Gasteiger partial charge in [-0.15, -0.1) is 0 Å². The molecule has 0 atom stereocenters. The Morgan fingerprint density at radius 1 is 1.20 bits per heavy atom. The maximum atomic E-state index is 12.2. The second kappa shape index (κ2) is 7.79. The van der Waals surface area contributed by atoms with Crippen molar-refractivity contribution in [2.75, 3.05) is 29.9 Å². The lowest BCUT2D eigenvalue weighted by Crippen LogP contribution is -2.24. The normalized spacial score (nSPS) is 13.6. The summed E-state index contributed by atoms with van der Waals surface area (Å²) < 4.78 is 5.50. The van der Waals surface area contributed by atoms with Gasteiger partial charge in [0.1, 0.15) is 5.75 Å². The Hall–Kier alpha value is -2.89. The van der Waals surface area contributed by atoms with Gasteiger partial charge in [0.05, 0.1) is 5.69 Å². The molecule has 1 saturated heterocycles. The van der Waals surface area contributed by atoms with Crippen LogP contribution in [0.3, 0.4) is 0 Å². The van der Waals surface area contributed by atoms with Crippen LogP contribution in [-0.2, 0) is 4.79 Å². The van der Waals surface area contributed by atoms with Crippen LogP contribution in [0.5, 0.6) is 5.75 Å². The summed E-state index contributed by atoms with van der Waals surface area (Å²) >= 11 is 0. The Labute approximate surface area is 146 Å². The summed E-state index contributed by atoms with van der Waals surface area (Å²) in [6.45, 7) is 3.27. The van der Waals surface area contributed by atoms with Gasteiger partial charge in [0.2, 0.25) is 0 Å². The summed E-state index contributed by atoms with van der Waals surface area (Å²) in [7, 11) is 0. The SMILES string of the molecule is CC(=O)c1cccc(OCC(=O)Nc2cccnc2N2CCCC2)c1. The smallest absolute Gasteiger partial charge is 0.262 e. The molecule has 2 aromatic rings. The third kappa shape index (κ3) is 4.35. The van der Waals surface area contributed by atoms with E-state index in [4.69, 9.17) is 4.74 Å². The minimum absolute atomic E-state index is 0.0412. The number of nitrogens with one attached hydrogen (secondary N) is 1. The van der Waals surface area contributed by atoms with Gasteiger partial charge in [-0.25, -0.2) is 4.98 Å². The minimum atomic E-state index is -0.262. The molecule has 6 nitrogen and oxygen atoms in total. The molecule has 1 aromatic carbocycles. The summed E-state index contributed by atoms with van der Waals surface area (Å²) in [5.41, 5.74) is 1.25. The van der Waals surface area contributed by atoms with Gasteiger partial charge in [0, 0.05) is 24.8 Å². The number of carbonyl (C=O) groups is 2. The minimum Gasteiger partial charge on any atom is -0.484 e. The number of rotatable bonds is 6. The number of ketones is 1. The van der Waals surface area contributed by atoms with Gasteiger partial charge < -0.3 is 15.0 Å². The van der Waals surface area contributed by atoms with Crippen molar-refractivity contribution in [2.45, 2.75) is 19.8 Å². The number of pyridine rings is 1. The molecule has 0 unspecified atom stereocenters. The third-order valence-electron chi connectivity index (χ3n) is 4.08. The maximum Gasteiger partial charge on any atom is 0.262 e. The van der Waals surface area contributed by atoms with Gasteiger partial charge in [-0.3, -0.25) is 9.59 Å². The van der Waals surface area contributed by atoms with E-state index in [1.165, 1.54) is 6.92 Å². The van der Waals surface area contributed by atoms with Crippen LogP contribution >= 0.6 is 0 Å². The van der Waals surface area contributed by atoms with Crippen molar-refractivity contribution in [1.29, 1.82) is 0 Å². The Morgan fingerprint density at radius 2 is 2.00 bits per heavy atom. The summed E-state index contributed by atoms with van der Waals surface area (Å²) in [4.78, 5) is 30.2. The Kier molecular flexibility index (Phi) is 5.28. The zero-order valence-electron chi connectivity index (χ0n) is 14.2. The van der Waals surface area contributed by atoms with Crippen LogP contribution in [0, 0.1) is 0 Å². The molecule has 1 aliphatic heterocycles. The molecule has 1 amide bonds. The third-order valence-corrected chi connectivity index (χ3v) is 4.08. The second-order valence-corrected chi connectivity index (χ2v) is 5.99. The van der Waals surface area contributed by atoms with Gasteiger partial charge >= 0.3 is 0 Å². The quantitative estimate of drug-likeness (QED) is 0.820. The van der Waals surface area contributed by atoms with E-state index in [0.717, 1.165) is 31.7 Å². The number of nitrogens with zero attached hydrogens (tertiary/aromatic N) is 2. The highest BCUT2D eigenvalue weighted by Gasteiger charge is 2.18. The van der Waals surface area contributed by atoms with Crippen LogP contribution in [0.4, 0.5) is 11.5 Å². The van der Waals surface area contributed by atoms with Gasteiger partial charge in [0.15, 0.2) is 18.2 Å². The number of hydrogen-bond acceptors (Lipinski definition) is 5. The van der Waals surface area contributed by atoms with Crippen LogP contribution in [0.25, 0.3) is 0 Å². The fraction of sp³-hybridized carbons (Fsp3) is 0.316. The second-order valence-electron chi connectivity index (χ2n) is 5.99. The standard InChI is InChI=1S/C19H21N3O3/c1-14(23)15-6-4-7-16(12-15)25-13-18(24)21-17-8-5-9-20-19(17)22-10-2-3-11-22/h4-9,12H,2-3,10-11,13H2,1H3,(H,21,24). The molecule has 25 heavy (non-hydrogen) atoms. The van der Waals surface area contributed by atoms with Crippen molar-refractivity contribution in [3.63, 3.8) is 0 Å². The lowest BCUT2D eigenvalue weighted by molar-refractivity contribution is -0.118. The molecule has 0 spiro atoms. The number of aromatic nitrogens is 1. The molecule has 1 aliphatic rings. The van der Waals surface area contributed by atoms with Crippen LogP contribution in [0.15, 0.2) is 42.6 Å². The molecule has 0 aliphatic carbocycles. The van der Waals surface area contributed by atoms with Crippen LogP contribution < -0.4 is 15.0 Å². The fourth-order valence-electron chi connectivity index (χ4n) is 2.82. The van der Waals surface area contributed by atoms with Gasteiger partial charge in [0.25, 0.3) is 5.91 Å². The largest absolute Gasteiger partial charge is 0.484 e. The van der Waals surface area contributed by atoms with Crippen LogP contribution in [-0.4, -0.2) is 36.4 Å². The lowest BCUT2D eigenvalue weighted by Gasteiger charge is -2.20. The highest BCUT2D eigenvalue weighted by atomic mass is 16.5. The van der Waals surface area contributed by atoms with E-state index < -0.39 is 0 Å². The zero-order chi connectivity index (χ0) is 17.6. The van der Waals surface area contributed by atoms with E-state index in [1.54, 1.807) is 36.5 Å². The molecule has 1 fully saturated rings. The number of ether oxygens (including phenoxy) is 1. The predicted molar refractivity (Wildman–Crippen MR) is 96.3 cm³/mol. The topological polar surface area (TPSA) is 71.5 Å². The first-order chi connectivity index (χ1) is 12.1. The van der Waals surface area contributed by atoms with Crippen molar-refractivity contribution >= 4 is 23.2 Å². The first-order valence-electron chi connectivity index (χ1n) is 8.37. The first kappa shape index (κ1) is 17.0. The van der Waals surface area contributed by atoms with E-state index in [1.807, 2.05) is 6.07 Å². The number of Topliss-reactive ketones (excluding diaryl/α,β-unsaturated/α-hetero) is 1. The summed E-state index contributed by atoms with van der Waals surface area (Å²) in [5.74, 6) is 0.989. The summed E-state index contributed by atoms with van der Waals surface area (Å²) in [6.07, 6.45) is 4.01. The average molecular weight is 339 g/mol. The van der Waals surface area contributed by atoms with Crippen LogP contribution in [0.2, 0.25) is 0 Å². The molecule has 1 aromatic heterocycles. The van der Waals surface area contributed by atoms with Gasteiger partial charge in [-0.2, -0.15) is 0 Å². The fourth-order valence-corrected chi connectivity index (χ4v) is 2.82. The number of carbonyl (C=O) groups excluding carboxylic acids is 2. The molecule has 1 N–H and O–H groups in total. The van der Waals surface area contributed by atoms with E-state index in [9.17, 15) is 9.59 Å². The summed E-state index contributed by atoms with van der Waals surface area (Å²) in [6, 6.07) is 10.4. The summed E-state index contributed by atoms with van der Waals surface area (Å²) in [5, 5.41) is 2.86. The molecule has 0 bridgehead atoms. The van der Waals surface area contributed by atoms with E-state index in [2.05, 4.69) is 15.2 Å². The van der Waals surface area contributed by atoms with Crippen molar-refractivity contribution < 1.29 is 14.3 Å². The monoisotopic (exact) mass is 339 g/mol. The van der Waals surface area contributed by atoms with Crippen molar-refractivity contribution in [3.8, 4) is 5.75 Å². The van der Waals surface area contributed by atoms with Crippen molar-refractivity contribution in [1.82, 2.24) is 4.98 Å². The van der Waals surface area contributed by atoms with Crippen molar-refractivity contribution in [3.05, 3.63) is 48.2 Å². The number of anilines is 2. The van der Waals surface area contributed by atoms with Crippen LogP contribution in [0.1, 0.15) is 30.1 Å². The first-order valence-corrected chi connectivity index (χ1v) is 8.37. The predicted octanol–water partition coefficient (Wildman–Crippen LogP) is 2.90. The Morgan fingerprint density at radius 3 is 2.76 bits per heavy atom. The molecule has 0 saturated carbocycles. The molecule has 0 radical (unpaired) electrons. The molecular weight excluding hydrogens is 318 g/mol. The molecule has 3 rings (SSSR count). The molecule has 130 valence electrons. The number of hydrogen-bond donors (Lipinski definition) is 1. The molecule has 2 heterocycles. The highest BCUT2D eigenvalue weighted by molar-refractivity contribution is 5.95.